The predicted octanol–water partition coefficient (Wildman–Crippen LogP) is 3.40. The molecule has 286 valence electrons. The number of hydrazone groups is 4. The Morgan fingerprint density at radius 1 is 0.414 bits per heavy atom. The van der Waals surface area contributed by atoms with E-state index >= 15 is 0 Å². The Labute approximate surface area is 328 Å². The van der Waals surface area contributed by atoms with E-state index in [-0.39, 0.29) is 56.5 Å². The molecule has 0 fully saturated rings. The lowest BCUT2D eigenvalue weighted by atomic mass is 9.95. The maximum absolute atomic E-state index is 12.6. The van der Waals surface area contributed by atoms with Crippen molar-refractivity contribution in [3.8, 4) is 22.6 Å². The number of nitrogens with zero attached hydrogens (tertiary/aromatic N) is 8. The van der Waals surface area contributed by atoms with Gasteiger partial charge in [0.25, 0.3) is 23.6 Å². The lowest BCUT2D eigenvalue weighted by Gasteiger charge is -2.12. The molecule has 6 rings (SSSR count). The average molecular weight is 775 g/mol. The van der Waals surface area contributed by atoms with Crippen LogP contribution in [0, 0.1) is 0 Å². The molecule has 0 aliphatic heterocycles. The summed E-state index contributed by atoms with van der Waals surface area (Å²) in [6.45, 7) is 0. The van der Waals surface area contributed by atoms with E-state index in [0.29, 0.717) is 11.1 Å². The van der Waals surface area contributed by atoms with Gasteiger partial charge in [0.05, 0.1) is 24.9 Å². The van der Waals surface area contributed by atoms with E-state index in [9.17, 15) is 29.4 Å². The number of hydrogen-bond acceptors (Lipinski definition) is 14. The first-order valence-corrected chi connectivity index (χ1v) is 17.0. The Kier molecular flexibility index (Phi) is 12.7. The minimum absolute atomic E-state index is 0.0973. The van der Waals surface area contributed by atoms with E-state index in [4.69, 9.17) is 0 Å². The second kappa shape index (κ2) is 19.0. The van der Waals surface area contributed by atoms with Crippen LogP contribution < -0.4 is 21.7 Å². The van der Waals surface area contributed by atoms with Crippen LogP contribution in [0.3, 0.4) is 0 Å². The summed E-state index contributed by atoms with van der Waals surface area (Å²) in [5.41, 5.74) is 11.0. The molecule has 0 saturated heterocycles. The first kappa shape index (κ1) is 38.9. The van der Waals surface area contributed by atoms with Crippen LogP contribution in [-0.2, 0) is 0 Å². The van der Waals surface area contributed by atoms with Gasteiger partial charge >= 0.3 is 0 Å². The molecule has 4 amide bonds. The van der Waals surface area contributed by atoms with Crippen LogP contribution in [0.2, 0.25) is 0 Å². The van der Waals surface area contributed by atoms with E-state index in [2.05, 4.69) is 62.0 Å². The standard InChI is InChI=1S/C40H30N12O6/c53-35-27(21-45-49-37(55)31-9-1-5-13-41-31)17-25(18-28(35)22-46-50-38(56)32-10-2-6-14-42-32)26-19-29(23-47-51-39(57)33-11-3-7-15-43-33)36(54)30(20-26)24-48-52-40(58)34-12-4-8-16-44-34/h1-24,53-54H,(H,49,55)(H,50,56)(H,51,57)(H,52,58)/b45-21+,46-22+,47-23+,48-24+. The van der Waals surface area contributed by atoms with Crippen molar-refractivity contribution in [1.29, 1.82) is 0 Å². The van der Waals surface area contributed by atoms with Crippen molar-refractivity contribution < 1.29 is 29.4 Å². The van der Waals surface area contributed by atoms with Gasteiger partial charge in [0.15, 0.2) is 0 Å². The summed E-state index contributed by atoms with van der Waals surface area (Å²) in [5.74, 6) is -3.09. The number of pyridine rings is 4. The summed E-state index contributed by atoms with van der Waals surface area (Å²) in [7, 11) is 0. The second-order valence-electron chi connectivity index (χ2n) is 11.7. The lowest BCUT2D eigenvalue weighted by Crippen LogP contribution is -2.19. The lowest BCUT2D eigenvalue weighted by molar-refractivity contribution is 0.0942. The highest BCUT2D eigenvalue weighted by Crippen LogP contribution is 2.33. The summed E-state index contributed by atoms with van der Waals surface area (Å²) in [6, 6.07) is 25.2. The quantitative estimate of drug-likeness (QED) is 0.0736. The molecule has 18 heteroatoms. The summed E-state index contributed by atoms with van der Waals surface area (Å²) in [4.78, 5) is 66.4. The molecule has 0 aliphatic rings. The molecule has 6 aromatic rings. The predicted molar refractivity (Wildman–Crippen MR) is 212 cm³/mol. The third-order valence-corrected chi connectivity index (χ3v) is 7.74. The molecule has 4 heterocycles. The number of aromatic hydroxyl groups is 2. The third kappa shape index (κ3) is 10.2. The van der Waals surface area contributed by atoms with Crippen LogP contribution in [0.1, 0.15) is 64.2 Å². The second-order valence-corrected chi connectivity index (χ2v) is 11.7. The Morgan fingerprint density at radius 2 is 0.655 bits per heavy atom. The number of aromatic nitrogens is 4. The molecule has 0 atom stereocenters. The van der Waals surface area contributed by atoms with Gasteiger partial charge in [0.2, 0.25) is 0 Å². The molecule has 58 heavy (non-hydrogen) atoms. The Morgan fingerprint density at radius 3 is 0.862 bits per heavy atom. The van der Waals surface area contributed by atoms with Gasteiger partial charge in [-0.2, -0.15) is 20.4 Å². The van der Waals surface area contributed by atoms with Gasteiger partial charge in [-0.3, -0.25) is 39.1 Å². The van der Waals surface area contributed by atoms with Gasteiger partial charge in [-0.1, -0.05) is 24.3 Å². The number of phenolic OH excluding ortho intramolecular Hbond substituents is 2. The minimum atomic E-state index is -0.608. The Hall–Kier alpha value is -8.80. The van der Waals surface area contributed by atoms with Gasteiger partial charge in [-0.15, -0.1) is 0 Å². The summed E-state index contributed by atoms with van der Waals surface area (Å²) in [5, 5.41) is 38.6. The zero-order valence-corrected chi connectivity index (χ0v) is 30.0. The largest absolute Gasteiger partial charge is 0.507 e. The van der Waals surface area contributed by atoms with E-state index in [1.165, 1.54) is 98.2 Å². The number of nitrogens with one attached hydrogen (secondary N) is 4. The van der Waals surface area contributed by atoms with Crippen molar-refractivity contribution in [2.45, 2.75) is 0 Å². The fourth-order valence-corrected chi connectivity index (χ4v) is 4.95. The highest BCUT2D eigenvalue weighted by molar-refractivity contribution is 6.00. The number of amides is 4. The Balaban J connectivity index is 1.37. The van der Waals surface area contributed by atoms with Crippen LogP contribution in [0.4, 0.5) is 0 Å². The number of hydrogen-bond donors (Lipinski definition) is 6. The molecule has 0 aliphatic carbocycles. The number of phenols is 2. The molecule has 0 unspecified atom stereocenters. The SMILES string of the molecule is O=C(N/N=C/c1cc(-c2cc(/C=N/NC(=O)c3ccccn3)c(O)c(/C=N/NC(=O)c3ccccn3)c2)cc(/C=N/NC(=O)c2ccccn2)c1O)c1ccccn1. The summed E-state index contributed by atoms with van der Waals surface area (Å²) >= 11 is 0. The number of carbonyl (C=O) groups excluding carboxylic acids is 4. The van der Waals surface area contributed by atoms with Crippen LogP contribution >= 0.6 is 0 Å². The highest BCUT2D eigenvalue weighted by Gasteiger charge is 2.15. The maximum atomic E-state index is 12.6. The van der Waals surface area contributed by atoms with Crippen LogP contribution in [0.5, 0.6) is 11.5 Å². The fourth-order valence-electron chi connectivity index (χ4n) is 4.95. The normalized spacial score (nSPS) is 11.2. The van der Waals surface area contributed by atoms with Gasteiger partial charge in [0, 0.05) is 47.0 Å². The number of carbonyl (C=O) groups is 4. The molecule has 0 radical (unpaired) electrons. The summed E-state index contributed by atoms with van der Waals surface area (Å²) < 4.78 is 0. The van der Waals surface area contributed by atoms with Gasteiger partial charge in [0.1, 0.15) is 34.3 Å². The van der Waals surface area contributed by atoms with Crippen molar-refractivity contribution in [3.05, 3.63) is 167 Å². The fraction of sp³-hybridized carbons (Fsp3) is 0. The van der Waals surface area contributed by atoms with Crippen LogP contribution in [-0.4, -0.2) is 78.6 Å². The Bertz CT molecular complexity index is 2200. The number of rotatable bonds is 13. The van der Waals surface area contributed by atoms with Crippen LogP contribution in [0.25, 0.3) is 11.1 Å². The van der Waals surface area contributed by atoms with E-state index in [1.54, 1.807) is 48.5 Å². The van der Waals surface area contributed by atoms with Crippen molar-refractivity contribution in [2.75, 3.05) is 0 Å². The van der Waals surface area contributed by atoms with Gasteiger partial charge in [-0.05, 0) is 83.9 Å². The molecule has 0 bridgehead atoms. The minimum Gasteiger partial charge on any atom is -0.507 e. The first-order chi connectivity index (χ1) is 28.3. The molecular weight excluding hydrogens is 745 g/mol. The molecule has 0 spiro atoms. The molecule has 4 aromatic heterocycles. The molecule has 6 N–H and O–H groups in total. The van der Waals surface area contributed by atoms with E-state index in [0.717, 1.165) is 0 Å². The smallest absolute Gasteiger partial charge is 0.289 e. The van der Waals surface area contributed by atoms with E-state index < -0.39 is 23.6 Å². The maximum Gasteiger partial charge on any atom is 0.289 e. The number of benzene rings is 2. The monoisotopic (exact) mass is 774 g/mol. The molecular formula is C40H30N12O6. The molecule has 18 nitrogen and oxygen atoms in total. The van der Waals surface area contributed by atoms with Crippen molar-refractivity contribution in [1.82, 2.24) is 41.6 Å². The summed E-state index contributed by atoms with van der Waals surface area (Å²) in [6.07, 6.45) is 10.6. The van der Waals surface area contributed by atoms with Gasteiger partial charge < -0.3 is 10.2 Å². The van der Waals surface area contributed by atoms with Crippen molar-refractivity contribution >= 4 is 48.5 Å². The zero-order chi connectivity index (χ0) is 40.7. The van der Waals surface area contributed by atoms with Crippen molar-refractivity contribution in [2.24, 2.45) is 20.4 Å². The topological polar surface area (TPSA) is 258 Å². The van der Waals surface area contributed by atoms with Crippen LogP contribution in [0.15, 0.2) is 142 Å². The average Bonchev–Trinajstić information content (AvgIpc) is 3.26. The third-order valence-electron chi connectivity index (χ3n) is 7.74. The van der Waals surface area contributed by atoms with E-state index in [1.807, 2.05) is 0 Å². The highest BCUT2D eigenvalue weighted by atomic mass is 16.3. The molecule has 2 aromatic carbocycles. The zero-order valence-electron chi connectivity index (χ0n) is 30.0. The molecule has 0 saturated carbocycles. The first-order valence-electron chi connectivity index (χ1n) is 17.0. The van der Waals surface area contributed by atoms with Gasteiger partial charge in [-0.25, -0.2) is 21.7 Å². The van der Waals surface area contributed by atoms with Crippen molar-refractivity contribution in [3.63, 3.8) is 0 Å².